The van der Waals surface area contributed by atoms with E-state index in [4.69, 9.17) is 9.84 Å². The summed E-state index contributed by atoms with van der Waals surface area (Å²) in [5.41, 5.74) is 0.563. The van der Waals surface area contributed by atoms with Crippen LogP contribution >= 0.6 is 0 Å². The molecule has 0 aliphatic rings. The molecule has 0 spiro atoms. The highest BCUT2D eigenvalue weighted by Gasteiger charge is 2.05. The maximum absolute atomic E-state index is 11.6. The van der Waals surface area contributed by atoms with Crippen LogP contribution in [-0.4, -0.2) is 36.9 Å². The zero-order valence-corrected chi connectivity index (χ0v) is 11.7. The molecule has 6 heteroatoms. The molecule has 0 fully saturated rings. The number of hydrogen-bond acceptors (Lipinski definition) is 3. The van der Waals surface area contributed by atoms with Gasteiger partial charge in [0.05, 0.1) is 12.2 Å². The summed E-state index contributed by atoms with van der Waals surface area (Å²) in [5, 5.41) is 14.0. The highest BCUT2D eigenvalue weighted by molar-refractivity contribution is 5.93. The third-order valence-corrected chi connectivity index (χ3v) is 2.35. The number of rotatable bonds is 7. The van der Waals surface area contributed by atoms with Crippen LogP contribution in [0.1, 0.15) is 24.2 Å². The second kappa shape index (κ2) is 8.16. The number of carbonyl (C=O) groups excluding carboxylic acids is 1. The predicted octanol–water partition coefficient (Wildman–Crippen LogP) is 2.18. The first-order chi connectivity index (χ1) is 9.49. The monoisotopic (exact) mass is 280 g/mol. The first-order valence-electron chi connectivity index (χ1n) is 6.45. The van der Waals surface area contributed by atoms with Crippen molar-refractivity contribution in [2.45, 2.75) is 13.8 Å². The van der Waals surface area contributed by atoms with E-state index in [2.05, 4.69) is 24.5 Å². The molecule has 0 radical (unpaired) electrons. The van der Waals surface area contributed by atoms with E-state index in [-0.39, 0.29) is 11.6 Å². The second-order valence-corrected chi connectivity index (χ2v) is 4.74. The van der Waals surface area contributed by atoms with Crippen LogP contribution in [0, 0.1) is 5.92 Å². The number of carbonyl (C=O) groups is 2. The molecule has 0 aromatic heterocycles. The van der Waals surface area contributed by atoms with Crippen molar-refractivity contribution in [3.8, 4) is 0 Å². The summed E-state index contributed by atoms with van der Waals surface area (Å²) in [6, 6.07) is 5.68. The van der Waals surface area contributed by atoms with Crippen LogP contribution in [0.5, 0.6) is 0 Å². The maximum atomic E-state index is 11.6. The van der Waals surface area contributed by atoms with Gasteiger partial charge >= 0.3 is 12.0 Å². The summed E-state index contributed by atoms with van der Waals surface area (Å²) < 4.78 is 5.33. The zero-order valence-electron chi connectivity index (χ0n) is 11.7. The fourth-order valence-corrected chi connectivity index (χ4v) is 1.46. The molecule has 110 valence electrons. The van der Waals surface area contributed by atoms with E-state index in [1.54, 1.807) is 12.1 Å². The first kappa shape index (κ1) is 16.0. The van der Waals surface area contributed by atoms with Crippen molar-refractivity contribution >= 4 is 17.7 Å². The topological polar surface area (TPSA) is 87.7 Å². The Balaban J connectivity index is 2.32. The summed E-state index contributed by atoms with van der Waals surface area (Å²) >= 11 is 0. The molecule has 2 amide bonds. The number of urea groups is 1. The molecule has 6 nitrogen and oxygen atoms in total. The molecule has 0 atom stereocenters. The molecule has 1 aromatic carbocycles. The summed E-state index contributed by atoms with van der Waals surface area (Å²) in [6.07, 6.45) is 0. The Hall–Kier alpha value is -2.08. The molecule has 0 unspecified atom stereocenters. The average molecular weight is 280 g/mol. The lowest BCUT2D eigenvalue weighted by atomic mass is 10.2. The Morgan fingerprint density at radius 3 is 2.75 bits per heavy atom. The van der Waals surface area contributed by atoms with E-state index >= 15 is 0 Å². The van der Waals surface area contributed by atoms with Crippen molar-refractivity contribution in [3.63, 3.8) is 0 Å². The van der Waals surface area contributed by atoms with Crippen LogP contribution in [0.2, 0.25) is 0 Å². The van der Waals surface area contributed by atoms with Crippen molar-refractivity contribution in [2.24, 2.45) is 5.92 Å². The minimum absolute atomic E-state index is 0.128. The van der Waals surface area contributed by atoms with Gasteiger partial charge in [-0.25, -0.2) is 9.59 Å². The molecule has 0 aliphatic carbocycles. The van der Waals surface area contributed by atoms with E-state index in [9.17, 15) is 9.59 Å². The summed E-state index contributed by atoms with van der Waals surface area (Å²) in [5.74, 6) is -0.571. The fourth-order valence-electron chi connectivity index (χ4n) is 1.46. The number of anilines is 1. The SMILES string of the molecule is CC(C)COCCNC(=O)Nc1cccc(C(=O)O)c1. The number of amides is 2. The van der Waals surface area contributed by atoms with Crippen LogP contribution in [0.15, 0.2) is 24.3 Å². The molecular formula is C14H20N2O4. The van der Waals surface area contributed by atoms with Gasteiger partial charge in [-0.05, 0) is 24.1 Å². The van der Waals surface area contributed by atoms with Gasteiger partial charge in [0.2, 0.25) is 0 Å². The maximum Gasteiger partial charge on any atom is 0.335 e. The number of ether oxygens (including phenoxy) is 1. The van der Waals surface area contributed by atoms with Gasteiger partial charge in [0.25, 0.3) is 0 Å². The molecule has 1 aromatic rings. The quantitative estimate of drug-likeness (QED) is 0.668. The van der Waals surface area contributed by atoms with Crippen molar-refractivity contribution in [2.75, 3.05) is 25.1 Å². The summed E-state index contributed by atoms with van der Waals surface area (Å²) in [7, 11) is 0. The Morgan fingerprint density at radius 2 is 2.10 bits per heavy atom. The minimum Gasteiger partial charge on any atom is -0.478 e. The Morgan fingerprint density at radius 1 is 1.35 bits per heavy atom. The molecular weight excluding hydrogens is 260 g/mol. The molecule has 0 saturated carbocycles. The largest absolute Gasteiger partial charge is 0.478 e. The van der Waals surface area contributed by atoms with E-state index in [0.29, 0.717) is 31.4 Å². The lowest BCUT2D eigenvalue weighted by Gasteiger charge is -2.09. The number of hydrogen-bond donors (Lipinski definition) is 3. The predicted molar refractivity (Wildman–Crippen MR) is 76.1 cm³/mol. The highest BCUT2D eigenvalue weighted by atomic mass is 16.5. The van der Waals surface area contributed by atoms with Crippen LogP contribution in [0.3, 0.4) is 0 Å². The van der Waals surface area contributed by atoms with Crippen molar-refractivity contribution < 1.29 is 19.4 Å². The molecule has 3 N–H and O–H groups in total. The highest BCUT2D eigenvalue weighted by Crippen LogP contribution is 2.10. The number of nitrogens with one attached hydrogen (secondary N) is 2. The normalized spacial score (nSPS) is 10.3. The lowest BCUT2D eigenvalue weighted by Crippen LogP contribution is -2.31. The molecule has 0 saturated heterocycles. The van der Waals surface area contributed by atoms with Gasteiger partial charge in [0.15, 0.2) is 0 Å². The van der Waals surface area contributed by atoms with Crippen molar-refractivity contribution in [3.05, 3.63) is 29.8 Å². The standard InChI is InChI=1S/C14H20N2O4/c1-10(2)9-20-7-6-15-14(19)16-12-5-3-4-11(8-12)13(17)18/h3-5,8,10H,6-7,9H2,1-2H3,(H,17,18)(H2,15,16,19). The van der Waals surface area contributed by atoms with Crippen LogP contribution < -0.4 is 10.6 Å². The third kappa shape index (κ3) is 6.19. The van der Waals surface area contributed by atoms with Gasteiger partial charge < -0.3 is 20.5 Å². The van der Waals surface area contributed by atoms with Gasteiger partial charge in [-0.1, -0.05) is 19.9 Å². The number of aromatic carboxylic acids is 1. The van der Waals surface area contributed by atoms with Gasteiger partial charge in [0, 0.05) is 18.8 Å². The van der Waals surface area contributed by atoms with Crippen molar-refractivity contribution in [1.82, 2.24) is 5.32 Å². The molecule has 20 heavy (non-hydrogen) atoms. The minimum atomic E-state index is -1.03. The number of carboxylic acids is 1. The van der Waals surface area contributed by atoms with Gasteiger partial charge in [-0.2, -0.15) is 0 Å². The van der Waals surface area contributed by atoms with Crippen LogP contribution in [0.25, 0.3) is 0 Å². The molecule has 0 bridgehead atoms. The number of carboxylic acid groups (broad SMARTS) is 1. The lowest BCUT2D eigenvalue weighted by molar-refractivity contribution is 0.0697. The second-order valence-electron chi connectivity index (χ2n) is 4.74. The van der Waals surface area contributed by atoms with E-state index in [1.807, 2.05) is 0 Å². The van der Waals surface area contributed by atoms with E-state index in [1.165, 1.54) is 12.1 Å². The smallest absolute Gasteiger partial charge is 0.335 e. The van der Waals surface area contributed by atoms with E-state index in [0.717, 1.165) is 0 Å². The van der Waals surface area contributed by atoms with Gasteiger partial charge in [-0.3, -0.25) is 0 Å². The molecule has 0 heterocycles. The number of benzene rings is 1. The molecule has 0 aliphatic heterocycles. The third-order valence-electron chi connectivity index (χ3n) is 2.35. The fraction of sp³-hybridized carbons (Fsp3) is 0.429. The van der Waals surface area contributed by atoms with Gasteiger partial charge in [-0.15, -0.1) is 0 Å². The first-order valence-corrected chi connectivity index (χ1v) is 6.45. The van der Waals surface area contributed by atoms with Gasteiger partial charge in [0.1, 0.15) is 0 Å². The van der Waals surface area contributed by atoms with Crippen LogP contribution in [-0.2, 0) is 4.74 Å². The van der Waals surface area contributed by atoms with Crippen molar-refractivity contribution in [1.29, 1.82) is 0 Å². The average Bonchev–Trinajstić information content (AvgIpc) is 2.38. The summed E-state index contributed by atoms with van der Waals surface area (Å²) in [4.78, 5) is 22.4. The molecule has 1 rings (SSSR count). The Kier molecular flexibility index (Phi) is 6.52. The summed E-state index contributed by atoms with van der Waals surface area (Å²) in [6.45, 7) is 5.60. The van der Waals surface area contributed by atoms with E-state index < -0.39 is 5.97 Å². The Labute approximate surface area is 118 Å². The Bertz CT molecular complexity index is 460. The van der Waals surface area contributed by atoms with Crippen LogP contribution in [0.4, 0.5) is 10.5 Å². The zero-order chi connectivity index (χ0) is 15.0.